The summed E-state index contributed by atoms with van der Waals surface area (Å²) in [4.78, 5) is 46.5. The number of nitrogens with one attached hydrogen (secondary N) is 2. The fraction of sp³-hybridized carbons (Fsp3) is 0.333. The zero-order valence-electron chi connectivity index (χ0n) is 14.5. The van der Waals surface area contributed by atoms with Gasteiger partial charge in [-0.2, -0.15) is 0 Å². The van der Waals surface area contributed by atoms with Crippen LogP contribution in [0, 0.1) is 5.92 Å². The molecule has 0 heterocycles. The standard InChI is InChI=1S/C15H20N4O6S/c1-9(2)8-19(15(23)12(16)20)10-4-6-11(7-5-10)26(24,25)18-14(22)13(21)17-3/h4-7,9H,8H2,1-3H3,(H2,16,20)(H,17,21)(H,18,22). The molecular formula is C15H20N4O6S. The number of hydrogen-bond donors (Lipinski definition) is 3. The SMILES string of the molecule is CNC(=O)C(=O)NS(=O)(=O)c1ccc(N(CC(C)C)C(=O)C(N)=O)cc1. The molecule has 0 unspecified atom stereocenters. The van der Waals surface area contributed by atoms with Gasteiger partial charge in [0, 0.05) is 19.3 Å². The van der Waals surface area contributed by atoms with Gasteiger partial charge in [0.1, 0.15) is 0 Å². The minimum absolute atomic E-state index is 0.0218. The van der Waals surface area contributed by atoms with Crippen LogP contribution in [0.1, 0.15) is 13.8 Å². The van der Waals surface area contributed by atoms with Crippen LogP contribution in [-0.2, 0) is 29.2 Å². The van der Waals surface area contributed by atoms with E-state index in [-0.39, 0.29) is 23.0 Å². The van der Waals surface area contributed by atoms with E-state index in [1.807, 2.05) is 19.2 Å². The monoisotopic (exact) mass is 384 g/mol. The van der Waals surface area contributed by atoms with Crippen LogP contribution in [0.3, 0.4) is 0 Å². The smallest absolute Gasteiger partial charge is 0.322 e. The number of nitrogens with zero attached hydrogens (tertiary/aromatic N) is 1. The number of carbonyl (C=O) groups excluding carboxylic acids is 4. The Hall–Kier alpha value is -2.95. The van der Waals surface area contributed by atoms with Crippen LogP contribution in [0.5, 0.6) is 0 Å². The third-order valence-electron chi connectivity index (χ3n) is 3.12. The molecule has 0 radical (unpaired) electrons. The van der Waals surface area contributed by atoms with E-state index in [0.29, 0.717) is 0 Å². The van der Waals surface area contributed by atoms with E-state index in [0.717, 1.165) is 17.0 Å². The predicted molar refractivity (Wildman–Crippen MR) is 92.2 cm³/mol. The molecule has 1 aromatic carbocycles. The van der Waals surface area contributed by atoms with Gasteiger partial charge in [-0.25, -0.2) is 13.1 Å². The van der Waals surface area contributed by atoms with Gasteiger partial charge in [0.2, 0.25) is 0 Å². The number of nitrogens with two attached hydrogens (primary N) is 1. The lowest BCUT2D eigenvalue weighted by Crippen LogP contribution is -2.42. The van der Waals surface area contributed by atoms with Gasteiger partial charge in [0.25, 0.3) is 10.0 Å². The number of likely N-dealkylation sites (N-methyl/N-ethyl adjacent to an activating group) is 1. The van der Waals surface area contributed by atoms with Gasteiger partial charge in [-0.15, -0.1) is 0 Å². The molecule has 0 fully saturated rings. The highest BCUT2D eigenvalue weighted by molar-refractivity contribution is 7.90. The Balaban J connectivity index is 3.12. The molecule has 0 aliphatic carbocycles. The molecule has 0 saturated carbocycles. The third kappa shape index (κ3) is 5.28. The molecule has 142 valence electrons. The predicted octanol–water partition coefficient (Wildman–Crippen LogP) is -1.29. The number of sulfonamides is 1. The molecule has 1 aromatic rings. The number of anilines is 1. The maximum Gasteiger partial charge on any atom is 0.322 e. The fourth-order valence-electron chi connectivity index (χ4n) is 1.95. The average Bonchev–Trinajstić information content (AvgIpc) is 2.57. The lowest BCUT2D eigenvalue weighted by molar-refractivity contribution is -0.137. The Morgan fingerprint density at radius 3 is 2.04 bits per heavy atom. The molecule has 1 rings (SSSR count). The number of carbonyl (C=O) groups is 4. The molecule has 0 aliphatic rings. The lowest BCUT2D eigenvalue weighted by atomic mass is 10.2. The zero-order valence-corrected chi connectivity index (χ0v) is 15.3. The van der Waals surface area contributed by atoms with Gasteiger partial charge in [0.15, 0.2) is 0 Å². The number of primary amides is 1. The average molecular weight is 384 g/mol. The summed E-state index contributed by atoms with van der Waals surface area (Å²) in [5.74, 6) is -4.49. The highest BCUT2D eigenvalue weighted by Gasteiger charge is 2.24. The first-order valence-corrected chi connectivity index (χ1v) is 8.98. The first-order chi connectivity index (χ1) is 12.0. The van der Waals surface area contributed by atoms with Crippen molar-refractivity contribution in [2.24, 2.45) is 11.7 Å². The van der Waals surface area contributed by atoms with E-state index < -0.39 is 33.7 Å². The van der Waals surface area contributed by atoms with E-state index in [9.17, 15) is 27.6 Å². The van der Waals surface area contributed by atoms with Crippen molar-refractivity contribution in [3.05, 3.63) is 24.3 Å². The summed E-state index contributed by atoms with van der Waals surface area (Å²) in [5.41, 5.74) is 5.30. The quantitative estimate of drug-likeness (QED) is 0.536. The fourth-order valence-corrected chi connectivity index (χ4v) is 2.90. The van der Waals surface area contributed by atoms with Gasteiger partial charge < -0.3 is 16.0 Å². The van der Waals surface area contributed by atoms with Gasteiger partial charge in [-0.1, -0.05) is 13.8 Å². The van der Waals surface area contributed by atoms with Crippen molar-refractivity contribution >= 4 is 39.3 Å². The topological polar surface area (TPSA) is 156 Å². The summed E-state index contributed by atoms with van der Waals surface area (Å²) in [5, 5.41) is 2.00. The minimum Gasteiger partial charge on any atom is -0.361 e. The molecule has 0 atom stereocenters. The Bertz CT molecular complexity index is 817. The van der Waals surface area contributed by atoms with Crippen molar-refractivity contribution in [2.75, 3.05) is 18.5 Å². The molecule has 0 spiro atoms. The van der Waals surface area contributed by atoms with E-state index in [4.69, 9.17) is 5.73 Å². The number of hydrogen-bond acceptors (Lipinski definition) is 6. The van der Waals surface area contributed by atoms with E-state index in [1.54, 1.807) is 4.72 Å². The second-order valence-electron chi connectivity index (χ2n) is 5.68. The van der Waals surface area contributed by atoms with Crippen LogP contribution in [-0.4, -0.2) is 45.6 Å². The van der Waals surface area contributed by atoms with Crippen molar-refractivity contribution in [1.29, 1.82) is 0 Å². The van der Waals surface area contributed by atoms with Crippen molar-refractivity contribution in [1.82, 2.24) is 10.0 Å². The highest BCUT2D eigenvalue weighted by atomic mass is 32.2. The molecule has 26 heavy (non-hydrogen) atoms. The Morgan fingerprint density at radius 1 is 1.08 bits per heavy atom. The Labute approximate surface area is 150 Å². The van der Waals surface area contributed by atoms with Gasteiger partial charge in [-0.3, -0.25) is 19.2 Å². The highest BCUT2D eigenvalue weighted by Crippen LogP contribution is 2.19. The summed E-state index contributed by atoms with van der Waals surface area (Å²) in [6.45, 7) is 3.85. The second kappa shape index (κ2) is 8.43. The second-order valence-corrected chi connectivity index (χ2v) is 7.36. The normalized spacial score (nSPS) is 10.9. The van der Waals surface area contributed by atoms with Crippen molar-refractivity contribution < 1.29 is 27.6 Å². The van der Waals surface area contributed by atoms with E-state index in [1.165, 1.54) is 19.2 Å². The lowest BCUT2D eigenvalue weighted by Gasteiger charge is -2.23. The van der Waals surface area contributed by atoms with Crippen LogP contribution < -0.4 is 20.7 Å². The largest absolute Gasteiger partial charge is 0.361 e. The van der Waals surface area contributed by atoms with E-state index in [2.05, 4.69) is 0 Å². The molecule has 11 heteroatoms. The molecule has 0 aliphatic heterocycles. The summed E-state index contributed by atoms with van der Waals surface area (Å²) in [6.07, 6.45) is 0. The van der Waals surface area contributed by atoms with Gasteiger partial charge >= 0.3 is 23.6 Å². The molecule has 4 N–H and O–H groups in total. The van der Waals surface area contributed by atoms with Crippen molar-refractivity contribution in [2.45, 2.75) is 18.7 Å². The summed E-state index contributed by atoms with van der Waals surface area (Å²) < 4.78 is 25.8. The van der Waals surface area contributed by atoms with Gasteiger partial charge in [-0.05, 0) is 30.2 Å². The van der Waals surface area contributed by atoms with Crippen LogP contribution in [0.25, 0.3) is 0 Å². The first-order valence-electron chi connectivity index (χ1n) is 7.49. The Morgan fingerprint density at radius 2 is 1.62 bits per heavy atom. The van der Waals surface area contributed by atoms with Crippen LogP contribution in [0.2, 0.25) is 0 Å². The maximum absolute atomic E-state index is 12.1. The summed E-state index contributed by atoms with van der Waals surface area (Å²) in [6, 6.07) is 4.86. The van der Waals surface area contributed by atoms with Crippen LogP contribution in [0.4, 0.5) is 5.69 Å². The molecular weight excluding hydrogens is 364 g/mol. The zero-order chi connectivity index (χ0) is 20.1. The third-order valence-corrected chi connectivity index (χ3v) is 4.47. The maximum atomic E-state index is 12.1. The van der Waals surface area contributed by atoms with Crippen LogP contribution >= 0.6 is 0 Å². The van der Waals surface area contributed by atoms with E-state index >= 15 is 0 Å². The summed E-state index contributed by atoms with van der Waals surface area (Å²) >= 11 is 0. The molecule has 0 saturated heterocycles. The number of benzene rings is 1. The Kier molecular flexibility index (Phi) is 6.84. The first kappa shape index (κ1) is 21.1. The number of rotatable bonds is 5. The van der Waals surface area contributed by atoms with Gasteiger partial charge in [0.05, 0.1) is 4.90 Å². The molecule has 0 aromatic heterocycles. The number of amides is 4. The van der Waals surface area contributed by atoms with Crippen molar-refractivity contribution in [3.63, 3.8) is 0 Å². The molecule has 4 amide bonds. The van der Waals surface area contributed by atoms with Crippen molar-refractivity contribution in [3.8, 4) is 0 Å². The minimum atomic E-state index is -4.27. The van der Waals surface area contributed by atoms with Crippen LogP contribution in [0.15, 0.2) is 29.2 Å². The molecule has 0 bridgehead atoms. The molecule has 10 nitrogen and oxygen atoms in total. The summed E-state index contributed by atoms with van der Waals surface area (Å²) in [7, 11) is -3.09.